The van der Waals surface area contributed by atoms with Crippen molar-refractivity contribution in [1.82, 2.24) is 9.97 Å². The molecule has 0 aliphatic carbocycles. The molecule has 0 saturated carbocycles. The highest BCUT2D eigenvalue weighted by Gasteiger charge is 2.03. The topological polar surface area (TPSA) is 35.0 Å². The van der Waals surface area contributed by atoms with Gasteiger partial charge in [0.2, 0.25) is 5.88 Å². The standard InChI is InChI=1S/C12H10BrClN2OS/c1-18-12-15-10(14)6-11(16-12)17-7-8-2-4-9(13)5-3-8/h2-6H,7H2,1H3. The number of aromatic nitrogens is 2. The summed E-state index contributed by atoms with van der Waals surface area (Å²) in [6.45, 7) is 0.453. The van der Waals surface area contributed by atoms with Crippen molar-refractivity contribution in [1.29, 1.82) is 0 Å². The highest BCUT2D eigenvalue weighted by molar-refractivity contribution is 9.10. The van der Waals surface area contributed by atoms with Crippen molar-refractivity contribution in [3.8, 4) is 5.88 Å². The zero-order valence-corrected chi connectivity index (χ0v) is 12.7. The monoisotopic (exact) mass is 344 g/mol. The molecule has 0 bridgehead atoms. The first-order valence-corrected chi connectivity index (χ1v) is 7.53. The SMILES string of the molecule is CSc1nc(Cl)cc(OCc2ccc(Br)cc2)n1. The van der Waals surface area contributed by atoms with Crippen LogP contribution in [0.3, 0.4) is 0 Å². The van der Waals surface area contributed by atoms with E-state index in [9.17, 15) is 0 Å². The first-order valence-electron chi connectivity index (χ1n) is 5.13. The molecule has 3 nitrogen and oxygen atoms in total. The minimum atomic E-state index is 0.389. The van der Waals surface area contributed by atoms with Crippen LogP contribution in [0.4, 0.5) is 0 Å². The van der Waals surface area contributed by atoms with E-state index in [2.05, 4.69) is 25.9 Å². The average molecular weight is 346 g/mol. The van der Waals surface area contributed by atoms with Gasteiger partial charge in [-0.1, -0.05) is 51.4 Å². The van der Waals surface area contributed by atoms with E-state index in [0.29, 0.717) is 22.8 Å². The molecule has 0 N–H and O–H groups in total. The van der Waals surface area contributed by atoms with Gasteiger partial charge in [0.25, 0.3) is 0 Å². The third-order valence-electron chi connectivity index (χ3n) is 2.13. The van der Waals surface area contributed by atoms with E-state index < -0.39 is 0 Å². The summed E-state index contributed by atoms with van der Waals surface area (Å²) < 4.78 is 6.63. The number of nitrogens with zero attached hydrogens (tertiary/aromatic N) is 2. The van der Waals surface area contributed by atoms with E-state index in [0.717, 1.165) is 10.0 Å². The van der Waals surface area contributed by atoms with Crippen LogP contribution in [-0.4, -0.2) is 16.2 Å². The van der Waals surface area contributed by atoms with Crippen molar-refractivity contribution in [2.75, 3.05) is 6.26 Å². The van der Waals surface area contributed by atoms with Gasteiger partial charge in [0.1, 0.15) is 11.8 Å². The number of hydrogen-bond donors (Lipinski definition) is 0. The lowest BCUT2D eigenvalue weighted by molar-refractivity contribution is 0.290. The van der Waals surface area contributed by atoms with E-state index in [1.54, 1.807) is 6.07 Å². The molecule has 1 heterocycles. The van der Waals surface area contributed by atoms with Gasteiger partial charge in [0, 0.05) is 10.5 Å². The Hall–Kier alpha value is -0.780. The summed E-state index contributed by atoms with van der Waals surface area (Å²) >= 11 is 10.7. The van der Waals surface area contributed by atoms with Gasteiger partial charge < -0.3 is 4.74 Å². The maximum Gasteiger partial charge on any atom is 0.219 e. The lowest BCUT2D eigenvalue weighted by Gasteiger charge is -2.06. The minimum absolute atomic E-state index is 0.389. The minimum Gasteiger partial charge on any atom is -0.473 e. The summed E-state index contributed by atoms with van der Waals surface area (Å²) in [5, 5.41) is 0.994. The molecule has 0 aliphatic heterocycles. The molecule has 6 heteroatoms. The maximum absolute atomic E-state index is 5.88. The Kier molecular flexibility index (Phi) is 4.86. The van der Waals surface area contributed by atoms with Crippen molar-refractivity contribution in [2.24, 2.45) is 0 Å². The zero-order chi connectivity index (χ0) is 13.0. The number of benzene rings is 1. The van der Waals surface area contributed by atoms with E-state index >= 15 is 0 Å². The highest BCUT2D eigenvalue weighted by Crippen LogP contribution is 2.20. The van der Waals surface area contributed by atoms with Crippen molar-refractivity contribution < 1.29 is 4.74 Å². The largest absolute Gasteiger partial charge is 0.473 e. The molecular weight excluding hydrogens is 336 g/mol. The lowest BCUT2D eigenvalue weighted by atomic mass is 10.2. The van der Waals surface area contributed by atoms with E-state index in [1.807, 2.05) is 30.5 Å². The van der Waals surface area contributed by atoms with Gasteiger partial charge in [-0.25, -0.2) is 4.98 Å². The molecule has 0 spiro atoms. The molecule has 94 valence electrons. The van der Waals surface area contributed by atoms with Crippen LogP contribution in [0.2, 0.25) is 5.15 Å². The van der Waals surface area contributed by atoms with E-state index in [1.165, 1.54) is 11.8 Å². The fraction of sp³-hybridized carbons (Fsp3) is 0.167. The Balaban J connectivity index is 2.05. The van der Waals surface area contributed by atoms with Gasteiger partial charge in [-0.2, -0.15) is 4.98 Å². The number of hydrogen-bond acceptors (Lipinski definition) is 4. The van der Waals surface area contributed by atoms with Crippen LogP contribution in [0.5, 0.6) is 5.88 Å². The second-order valence-electron chi connectivity index (χ2n) is 3.43. The second-order valence-corrected chi connectivity index (χ2v) is 5.51. The molecule has 18 heavy (non-hydrogen) atoms. The Bertz CT molecular complexity index is 536. The van der Waals surface area contributed by atoms with Crippen LogP contribution in [0.15, 0.2) is 40.0 Å². The summed E-state index contributed by atoms with van der Waals surface area (Å²) in [6.07, 6.45) is 1.89. The molecule has 2 aromatic rings. The van der Waals surface area contributed by atoms with Gasteiger partial charge in [0.05, 0.1) is 0 Å². The molecule has 0 atom stereocenters. The van der Waals surface area contributed by atoms with Crippen LogP contribution in [0.25, 0.3) is 0 Å². The average Bonchev–Trinajstić information content (AvgIpc) is 2.37. The van der Waals surface area contributed by atoms with Crippen LogP contribution < -0.4 is 4.74 Å². The predicted molar refractivity (Wildman–Crippen MR) is 77.3 cm³/mol. The predicted octanol–water partition coefficient (Wildman–Crippen LogP) is 4.19. The van der Waals surface area contributed by atoms with Gasteiger partial charge in [-0.05, 0) is 24.0 Å². The van der Waals surface area contributed by atoms with Crippen LogP contribution >= 0.6 is 39.3 Å². The van der Waals surface area contributed by atoms with Crippen molar-refractivity contribution in [3.05, 3.63) is 45.5 Å². The molecule has 0 radical (unpaired) electrons. The zero-order valence-electron chi connectivity index (χ0n) is 9.56. The molecule has 1 aromatic carbocycles. The smallest absolute Gasteiger partial charge is 0.219 e. The second kappa shape index (κ2) is 6.41. The summed E-state index contributed by atoms with van der Waals surface area (Å²) in [4.78, 5) is 8.27. The van der Waals surface area contributed by atoms with Gasteiger partial charge >= 0.3 is 0 Å². The third kappa shape index (κ3) is 3.86. The summed E-state index contributed by atoms with van der Waals surface area (Å²) in [5.74, 6) is 0.488. The molecule has 0 fully saturated rings. The third-order valence-corrected chi connectivity index (χ3v) is 3.40. The summed E-state index contributed by atoms with van der Waals surface area (Å²) in [6, 6.07) is 9.53. The highest BCUT2D eigenvalue weighted by atomic mass is 79.9. The number of ether oxygens (including phenoxy) is 1. The number of thioether (sulfide) groups is 1. The van der Waals surface area contributed by atoms with Gasteiger partial charge in [0.15, 0.2) is 5.16 Å². The molecule has 0 unspecified atom stereocenters. The fourth-order valence-corrected chi connectivity index (χ4v) is 2.14. The maximum atomic E-state index is 5.88. The fourth-order valence-electron chi connectivity index (χ4n) is 1.28. The Labute approximate surface area is 123 Å². The number of rotatable bonds is 4. The quantitative estimate of drug-likeness (QED) is 0.473. The molecule has 0 amide bonds. The first kappa shape index (κ1) is 13.6. The molecule has 1 aromatic heterocycles. The number of halogens is 2. The van der Waals surface area contributed by atoms with Crippen molar-refractivity contribution in [2.45, 2.75) is 11.8 Å². The summed E-state index contributed by atoms with van der Waals surface area (Å²) in [7, 11) is 0. The molecular formula is C12H10BrClN2OS. The Morgan fingerprint density at radius 2 is 2.00 bits per heavy atom. The van der Waals surface area contributed by atoms with Crippen LogP contribution in [0.1, 0.15) is 5.56 Å². The van der Waals surface area contributed by atoms with E-state index in [4.69, 9.17) is 16.3 Å². The normalized spacial score (nSPS) is 10.4. The Morgan fingerprint density at radius 3 is 2.67 bits per heavy atom. The van der Waals surface area contributed by atoms with Crippen molar-refractivity contribution >= 4 is 39.3 Å². The lowest BCUT2D eigenvalue weighted by Crippen LogP contribution is -1.99. The van der Waals surface area contributed by atoms with Crippen molar-refractivity contribution in [3.63, 3.8) is 0 Å². The van der Waals surface area contributed by atoms with E-state index in [-0.39, 0.29) is 0 Å². The van der Waals surface area contributed by atoms with Gasteiger partial charge in [-0.3, -0.25) is 0 Å². The molecule has 0 saturated heterocycles. The van der Waals surface area contributed by atoms with Crippen LogP contribution in [0, 0.1) is 0 Å². The molecule has 0 aliphatic rings. The summed E-state index contributed by atoms with van der Waals surface area (Å²) in [5.41, 5.74) is 1.07. The Morgan fingerprint density at radius 1 is 1.28 bits per heavy atom. The van der Waals surface area contributed by atoms with Crippen LogP contribution in [-0.2, 0) is 6.61 Å². The first-order chi connectivity index (χ1) is 8.67. The van der Waals surface area contributed by atoms with Gasteiger partial charge in [-0.15, -0.1) is 0 Å². The molecule has 2 rings (SSSR count).